The lowest BCUT2D eigenvalue weighted by Crippen LogP contribution is -2.43. The van der Waals surface area contributed by atoms with Crippen molar-refractivity contribution < 1.29 is 19.0 Å². The molecule has 0 radical (unpaired) electrons. The summed E-state index contributed by atoms with van der Waals surface area (Å²) in [4.78, 5) is 4.63. The van der Waals surface area contributed by atoms with Crippen molar-refractivity contribution >= 4 is 0 Å². The number of benzene rings is 1. The third kappa shape index (κ3) is 7.87. The minimum atomic E-state index is -0.584. The molecule has 0 saturated carbocycles. The van der Waals surface area contributed by atoms with Crippen molar-refractivity contribution in [1.29, 1.82) is 0 Å². The molecule has 2 aromatic rings. The fraction of sp³-hybridized carbons (Fsp3) is 0.500. The van der Waals surface area contributed by atoms with Crippen LogP contribution in [-0.4, -0.2) is 84.7 Å². The molecule has 0 spiro atoms. The standard InChI is InChI=1S/C24H34FN3O3/c1-2-14-31-20-23(29)19-27(11-10-26-12-15-30-16-13-26)18-22-7-5-9-28(22)17-21-6-3-4-8-24(21)25/h2-9,23,29H,1,10-20H2. The summed E-state index contributed by atoms with van der Waals surface area (Å²) in [5.74, 6) is -0.193. The number of hydrogen-bond acceptors (Lipinski definition) is 5. The number of aliphatic hydroxyl groups excluding tert-OH is 1. The maximum atomic E-state index is 14.1. The van der Waals surface area contributed by atoms with Crippen LogP contribution < -0.4 is 0 Å². The fourth-order valence-electron chi connectivity index (χ4n) is 3.77. The van der Waals surface area contributed by atoms with Gasteiger partial charge in [0, 0.05) is 56.7 Å². The molecule has 31 heavy (non-hydrogen) atoms. The smallest absolute Gasteiger partial charge is 0.128 e. The van der Waals surface area contributed by atoms with Gasteiger partial charge in [0.1, 0.15) is 5.82 Å². The summed E-state index contributed by atoms with van der Waals surface area (Å²) < 4.78 is 27.1. The zero-order valence-electron chi connectivity index (χ0n) is 18.2. The second-order valence-corrected chi connectivity index (χ2v) is 7.89. The second kappa shape index (κ2) is 12.7. The first kappa shape index (κ1) is 23.6. The largest absolute Gasteiger partial charge is 0.389 e. The van der Waals surface area contributed by atoms with Crippen molar-refractivity contribution in [2.45, 2.75) is 19.2 Å². The first-order valence-corrected chi connectivity index (χ1v) is 10.9. The molecule has 0 aliphatic carbocycles. The van der Waals surface area contributed by atoms with Gasteiger partial charge in [0.05, 0.1) is 39.1 Å². The minimum Gasteiger partial charge on any atom is -0.389 e. The highest BCUT2D eigenvalue weighted by molar-refractivity contribution is 5.19. The number of rotatable bonds is 13. The van der Waals surface area contributed by atoms with Crippen LogP contribution in [0.4, 0.5) is 4.39 Å². The maximum absolute atomic E-state index is 14.1. The number of nitrogens with zero attached hydrogens (tertiary/aromatic N) is 3. The molecule has 6 nitrogen and oxygen atoms in total. The lowest BCUT2D eigenvalue weighted by Gasteiger charge is -2.31. The van der Waals surface area contributed by atoms with Gasteiger partial charge >= 0.3 is 0 Å². The van der Waals surface area contributed by atoms with Crippen LogP contribution >= 0.6 is 0 Å². The van der Waals surface area contributed by atoms with Gasteiger partial charge in [-0.15, -0.1) is 6.58 Å². The van der Waals surface area contributed by atoms with E-state index in [1.807, 2.05) is 24.4 Å². The van der Waals surface area contributed by atoms with Crippen molar-refractivity contribution in [1.82, 2.24) is 14.4 Å². The number of halogens is 1. The molecule has 1 fully saturated rings. The molecule has 1 saturated heterocycles. The Labute approximate surface area is 184 Å². The van der Waals surface area contributed by atoms with Gasteiger partial charge in [-0.25, -0.2) is 4.39 Å². The monoisotopic (exact) mass is 431 g/mol. The summed E-state index contributed by atoms with van der Waals surface area (Å²) in [7, 11) is 0. The van der Waals surface area contributed by atoms with E-state index in [-0.39, 0.29) is 12.4 Å². The quantitative estimate of drug-likeness (QED) is 0.390. The van der Waals surface area contributed by atoms with Gasteiger partial charge < -0.3 is 19.1 Å². The van der Waals surface area contributed by atoms with Gasteiger partial charge in [0.25, 0.3) is 0 Å². The Morgan fingerprint density at radius 3 is 2.81 bits per heavy atom. The van der Waals surface area contributed by atoms with Crippen LogP contribution in [0.25, 0.3) is 0 Å². The van der Waals surface area contributed by atoms with E-state index in [4.69, 9.17) is 9.47 Å². The second-order valence-electron chi connectivity index (χ2n) is 7.89. The minimum absolute atomic E-state index is 0.193. The van der Waals surface area contributed by atoms with Gasteiger partial charge in [-0.2, -0.15) is 0 Å². The zero-order valence-corrected chi connectivity index (χ0v) is 18.2. The molecule has 1 unspecified atom stereocenters. The first-order valence-electron chi connectivity index (χ1n) is 10.9. The van der Waals surface area contributed by atoms with Gasteiger partial charge in [-0.3, -0.25) is 9.80 Å². The average Bonchev–Trinajstić information content (AvgIpc) is 3.21. The fourth-order valence-corrected chi connectivity index (χ4v) is 3.77. The average molecular weight is 432 g/mol. The van der Waals surface area contributed by atoms with Crippen molar-refractivity contribution in [3.05, 3.63) is 72.3 Å². The Morgan fingerprint density at radius 1 is 1.23 bits per heavy atom. The summed E-state index contributed by atoms with van der Waals surface area (Å²) in [6.07, 6.45) is 3.07. The number of aromatic nitrogens is 1. The van der Waals surface area contributed by atoms with Gasteiger partial charge in [0.2, 0.25) is 0 Å². The van der Waals surface area contributed by atoms with Crippen molar-refractivity contribution in [3.8, 4) is 0 Å². The number of hydrogen-bond donors (Lipinski definition) is 1. The third-order valence-corrected chi connectivity index (χ3v) is 5.46. The van der Waals surface area contributed by atoms with Crippen LogP contribution in [0.2, 0.25) is 0 Å². The van der Waals surface area contributed by atoms with E-state index in [9.17, 15) is 9.50 Å². The molecule has 1 N–H and O–H groups in total. The lowest BCUT2D eigenvalue weighted by molar-refractivity contribution is 0.0124. The molecular formula is C24H34FN3O3. The van der Waals surface area contributed by atoms with Crippen LogP contribution in [0, 0.1) is 5.82 Å². The van der Waals surface area contributed by atoms with Crippen molar-refractivity contribution in [2.24, 2.45) is 0 Å². The van der Waals surface area contributed by atoms with Gasteiger partial charge in [-0.05, 0) is 18.2 Å². The van der Waals surface area contributed by atoms with E-state index in [2.05, 4.69) is 27.0 Å². The molecule has 0 amide bonds. The van der Waals surface area contributed by atoms with Crippen molar-refractivity contribution in [3.63, 3.8) is 0 Å². The Morgan fingerprint density at radius 2 is 2.03 bits per heavy atom. The number of morpholine rings is 1. The van der Waals surface area contributed by atoms with Gasteiger partial charge in [-0.1, -0.05) is 24.3 Å². The van der Waals surface area contributed by atoms with Gasteiger partial charge in [0.15, 0.2) is 0 Å². The summed E-state index contributed by atoms with van der Waals surface area (Å²) in [6, 6.07) is 10.9. The van der Waals surface area contributed by atoms with E-state index < -0.39 is 6.10 Å². The Bertz CT molecular complexity index is 792. The van der Waals surface area contributed by atoms with Crippen molar-refractivity contribution in [2.75, 3.05) is 59.2 Å². The molecule has 1 aliphatic rings. The molecule has 1 atom stereocenters. The highest BCUT2D eigenvalue weighted by Gasteiger charge is 2.17. The normalized spacial score (nSPS) is 16.0. The molecule has 2 heterocycles. The molecule has 1 aliphatic heterocycles. The predicted octanol–water partition coefficient (Wildman–Crippen LogP) is 2.37. The molecular weight excluding hydrogens is 397 g/mol. The Hall–Kier alpha value is -2.03. The van der Waals surface area contributed by atoms with Crippen LogP contribution in [0.1, 0.15) is 11.3 Å². The van der Waals surface area contributed by atoms with Crippen LogP contribution in [0.5, 0.6) is 0 Å². The Balaban J connectivity index is 1.63. The van der Waals surface area contributed by atoms with E-state index >= 15 is 0 Å². The van der Waals surface area contributed by atoms with Crippen LogP contribution in [-0.2, 0) is 22.6 Å². The molecule has 1 aromatic carbocycles. The highest BCUT2D eigenvalue weighted by atomic mass is 19.1. The SMILES string of the molecule is C=CCOCC(O)CN(CCN1CCOCC1)Cc1cccn1Cc1ccccc1F. The molecule has 7 heteroatoms. The third-order valence-electron chi connectivity index (χ3n) is 5.46. The predicted molar refractivity (Wildman–Crippen MR) is 119 cm³/mol. The summed E-state index contributed by atoms with van der Waals surface area (Å²) in [6.45, 7) is 11.1. The number of ether oxygens (including phenoxy) is 2. The topological polar surface area (TPSA) is 50.1 Å². The lowest BCUT2D eigenvalue weighted by atomic mass is 10.2. The highest BCUT2D eigenvalue weighted by Crippen LogP contribution is 2.14. The van der Waals surface area contributed by atoms with E-state index in [0.29, 0.717) is 31.8 Å². The number of aliphatic hydroxyl groups is 1. The van der Waals surface area contributed by atoms with E-state index in [1.165, 1.54) is 6.07 Å². The first-order chi connectivity index (χ1) is 15.2. The summed E-state index contributed by atoms with van der Waals surface area (Å²) >= 11 is 0. The van der Waals surface area contributed by atoms with Crippen LogP contribution in [0.15, 0.2) is 55.3 Å². The molecule has 1 aromatic heterocycles. The van der Waals surface area contributed by atoms with E-state index in [1.54, 1.807) is 12.1 Å². The maximum Gasteiger partial charge on any atom is 0.128 e. The Kier molecular flexibility index (Phi) is 9.71. The summed E-state index contributed by atoms with van der Waals surface area (Å²) in [5, 5.41) is 10.5. The van der Waals surface area contributed by atoms with E-state index in [0.717, 1.165) is 45.1 Å². The molecule has 0 bridgehead atoms. The molecule has 170 valence electrons. The molecule has 3 rings (SSSR count). The summed E-state index contributed by atoms with van der Waals surface area (Å²) in [5.41, 5.74) is 1.75. The van der Waals surface area contributed by atoms with Crippen LogP contribution in [0.3, 0.4) is 0 Å². The zero-order chi connectivity index (χ0) is 21.9.